The number of likely N-dealkylation sites (tertiary alicyclic amines) is 1. The van der Waals surface area contributed by atoms with E-state index in [0.717, 1.165) is 50.1 Å². The summed E-state index contributed by atoms with van der Waals surface area (Å²) in [4.78, 5) is 28.6. The normalized spacial score (nSPS) is 16.9. The first-order chi connectivity index (χ1) is 14.5. The maximum absolute atomic E-state index is 12.7. The lowest BCUT2D eigenvalue weighted by atomic mass is 10.1. The van der Waals surface area contributed by atoms with Gasteiger partial charge in [0.25, 0.3) is 5.91 Å². The topological polar surface area (TPSA) is 49.9 Å². The predicted molar refractivity (Wildman–Crippen MR) is 116 cm³/mol. The van der Waals surface area contributed by atoms with Crippen LogP contribution in [0.1, 0.15) is 47.2 Å². The van der Waals surface area contributed by atoms with E-state index in [-0.39, 0.29) is 17.9 Å². The van der Waals surface area contributed by atoms with E-state index in [1.54, 1.807) is 4.90 Å². The number of aryl methyl sites for hydroxylation is 1. The molecule has 5 nitrogen and oxygen atoms in total. The van der Waals surface area contributed by atoms with Gasteiger partial charge in [-0.05, 0) is 49.6 Å². The van der Waals surface area contributed by atoms with Crippen molar-refractivity contribution in [1.29, 1.82) is 0 Å². The third-order valence-corrected chi connectivity index (χ3v) is 5.97. The van der Waals surface area contributed by atoms with Crippen LogP contribution in [0.25, 0.3) is 0 Å². The molecule has 2 fully saturated rings. The van der Waals surface area contributed by atoms with Crippen LogP contribution in [0.5, 0.6) is 5.75 Å². The Labute approximate surface area is 178 Å². The summed E-state index contributed by atoms with van der Waals surface area (Å²) in [6.07, 6.45) is 3.96. The fraction of sp³-hybridized carbons (Fsp3) is 0.440. The molecule has 1 heterocycles. The fourth-order valence-corrected chi connectivity index (χ4v) is 3.91. The fourth-order valence-electron chi connectivity index (χ4n) is 3.91. The first-order valence-electron chi connectivity index (χ1n) is 10.9. The number of ether oxygens (including phenoxy) is 1. The maximum Gasteiger partial charge on any atom is 0.253 e. The summed E-state index contributed by atoms with van der Waals surface area (Å²) < 4.78 is 6.10. The minimum atomic E-state index is -0.00554. The second kappa shape index (κ2) is 8.90. The number of nitrogens with zero attached hydrogens (tertiary/aromatic N) is 2. The van der Waals surface area contributed by atoms with Gasteiger partial charge < -0.3 is 14.5 Å². The summed E-state index contributed by atoms with van der Waals surface area (Å²) in [5.41, 5.74) is 2.98. The van der Waals surface area contributed by atoms with Crippen molar-refractivity contribution in [3.8, 4) is 5.75 Å². The number of carbonyl (C=O) groups is 2. The van der Waals surface area contributed by atoms with Crippen LogP contribution in [0.3, 0.4) is 0 Å². The van der Waals surface area contributed by atoms with Crippen molar-refractivity contribution >= 4 is 11.8 Å². The monoisotopic (exact) mass is 406 g/mol. The summed E-state index contributed by atoms with van der Waals surface area (Å²) in [5, 5.41) is 0. The van der Waals surface area contributed by atoms with Crippen LogP contribution in [0.15, 0.2) is 48.5 Å². The van der Waals surface area contributed by atoms with E-state index in [0.29, 0.717) is 18.0 Å². The smallest absolute Gasteiger partial charge is 0.253 e. The number of amides is 2. The van der Waals surface area contributed by atoms with Crippen molar-refractivity contribution in [2.45, 2.75) is 45.3 Å². The van der Waals surface area contributed by atoms with Crippen LogP contribution in [0.4, 0.5) is 0 Å². The largest absolute Gasteiger partial charge is 0.490 e. The molecular weight excluding hydrogens is 376 g/mol. The first-order valence-corrected chi connectivity index (χ1v) is 10.9. The molecule has 2 aromatic rings. The first kappa shape index (κ1) is 20.5. The number of rotatable bonds is 6. The Morgan fingerprint density at radius 2 is 1.60 bits per heavy atom. The highest BCUT2D eigenvalue weighted by molar-refractivity contribution is 5.94. The van der Waals surface area contributed by atoms with Gasteiger partial charge in [0.05, 0.1) is 0 Å². The van der Waals surface area contributed by atoms with Crippen molar-refractivity contribution in [2.75, 3.05) is 20.1 Å². The van der Waals surface area contributed by atoms with E-state index in [4.69, 9.17) is 4.74 Å². The molecule has 0 N–H and O–H groups in total. The Balaban J connectivity index is 1.27. The Morgan fingerprint density at radius 1 is 0.967 bits per heavy atom. The minimum absolute atomic E-state index is 0.00554. The third kappa shape index (κ3) is 5.02. The molecule has 2 aromatic carbocycles. The summed E-state index contributed by atoms with van der Waals surface area (Å²) in [6, 6.07) is 15.6. The zero-order chi connectivity index (χ0) is 21.1. The second-order valence-electron chi connectivity index (χ2n) is 8.59. The van der Waals surface area contributed by atoms with Gasteiger partial charge in [0.1, 0.15) is 11.9 Å². The number of hydrogen-bond acceptors (Lipinski definition) is 3. The highest BCUT2D eigenvalue weighted by Gasteiger charge is 2.35. The summed E-state index contributed by atoms with van der Waals surface area (Å²) in [6.45, 7) is 4.19. The standard InChI is InChI=1S/C25H30N2O3/c1-18-3-5-19(6-4-18)17-26(2)24(28)20-9-11-22(12-10-20)30-23-13-15-27(16-14-23)25(29)21-7-8-21/h3-6,9-12,21,23H,7-8,13-17H2,1-2H3. The molecule has 0 radical (unpaired) electrons. The highest BCUT2D eigenvalue weighted by Crippen LogP contribution is 2.32. The zero-order valence-corrected chi connectivity index (χ0v) is 17.8. The Morgan fingerprint density at radius 3 is 2.20 bits per heavy atom. The second-order valence-corrected chi connectivity index (χ2v) is 8.59. The molecule has 4 rings (SSSR count). The minimum Gasteiger partial charge on any atom is -0.490 e. The van der Waals surface area contributed by atoms with Crippen LogP contribution >= 0.6 is 0 Å². The molecule has 0 atom stereocenters. The van der Waals surface area contributed by atoms with E-state index in [9.17, 15) is 9.59 Å². The van der Waals surface area contributed by atoms with Gasteiger partial charge >= 0.3 is 0 Å². The van der Waals surface area contributed by atoms with Crippen molar-refractivity contribution in [3.63, 3.8) is 0 Å². The lowest BCUT2D eigenvalue weighted by Crippen LogP contribution is -2.42. The average Bonchev–Trinajstić information content (AvgIpc) is 3.61. The Hall–Kier alpha value is -2.82. The quantitative estimate of drug-likeness (QED) is 0.727. The van der Waals surface area contributed by atoms with Crippen LogP contribution in [-0.4, -0.2) is 47.9 Å². The van der Waals surface area contributed by atoms with Crippen molar-refractivity contribution in [2.24, 2.45) is 5.92 Å². The number of benzene rings is 2. The molecule has 1 aliphatic carbocycles. The van der Waals surface area contributed by atoms with E-state index < -0.39 is 0 Å². The molecule has 1 saturated carbocycles. The molecule has 5 heteroatoms. The zero-order valence-electron chi connectivity index (χ0n) is 17.8. The molecule has 0 bridgehead atoms. The molecule has 158 valence electrons. The molecule has 0 aromatic heterocycles. The molecule has 1 saturated heterocycles. The van der Waals surface area contributed by atoms with Crippen LogP contribution in [-0.2, 0) is 11.3 Å². The molecule has 0 unspecified atom stereocenters. The van der Waals surface area contributed by atoms with Crippen molar-refractivity contribution < 1.29 is 14.3 Å². The Kier molecular flexibility index (Phi) is 6.07. The lowest BCUT2D eigenvalue weighted by molar-refractivity contribution is -0.134. The van der Waals surface area contributed by atoms with Gasteiger partial charge in [-0.15, -0.1) is 0 Å². The predicted octanol–water partition coefficient (Wildman–Crippen LogP) is 4.05. The average molecular weight is 407 g/mol. The molecule has 2 amide bonds. The van der Waals surface area contributed by atoms with Gasteiger partial charge in [0.2, 0.25) is 5.91 Å². The van der Waals surface area contributed by atoms with E-state index in [1.165, 1.54) is 5.56 Å². The van der Waals surface area contributed by atoms with Gasteiger partial charge in [-0.2, -0.15) is 0 Å². The molecule has 0 spiro atoms. The van der Waals surface area contributed by atoms with Crippen LogP contribution in [0, 0.1) is 12.8 Å². The summed E-state index contributed by atoms with van der Waals surface area (Å²) >= 11 is 0. The molecular formula is C25H30N2O3. The van der Waals surface area contributed by atoms with Gasteiger partial charge in [-0.3, -0.25) is 9.59 Å². The molecule has 2 aliphatic rings. The third-order valence-electron chi connectivity index (χ3n) is 5.97. The van der Waals surface area contributed by atoms with Crippen LogP contribution < -0.4 is 4.74 Å². The SMILES string of the molecule is Cc1ccc(CN(C)C(=O)c2ccc(OC3CCN(C(=O)C4CC4)CC3)cc2)cc1. The highest BCUT2D eigenvalue weighted by atomic mass is 16.5. The maximum atomic E-state index is 12.7. The van der Waals surface area contributed by atoms with E-state index in [2.05, 4.69) is 31.2 Å². The summed E-state index contributed by atoms with van der Waals surface area (Å²) in [7, 11) is 1.82. The summed E-state index contributed by atoms with van der Waals surface area (Å²) in [5.74, 6) is 1.39. The van der Waals surface area contributed by atoms with Crippen molar-refractivity contribution in [1.82, 2.24) is 9.80 Å². The number of piperidine rings is 1. The number of carbonyl (C=O) groups excluding carboxylic acids is 2. The molecule has 1 aliphatic heterocycles. The van der Waals surface area contributed by atoms with Gasteiger partial charge in [0, 0.05) is 51.0 Å². The lowest BCUT2D eigenvalue weighted by Gasteiger charge is -2.32. The van der Waals surface area contributed by atoms with Gasteiger partial charge in [-0.1, -0.05) is 29.8 Å². The van der Waals surface area contributed by atoms with Gasteiger partial charge in [0.15, 0.2) is 0 Å². The molecule has 30 heavy (non-hydrogen) atoms. The van der Waals surface area contributed by atoms with Crippen LogP contribution in [0.2, 0.25) is 0 Å². The Bertz CT molecular complexity index is 880. The number of hydrogen-bond donors (Lipinski definition) is 0. The van der Waals surface area contributed by atoms with Gasteiger partial charge in [-0.25, -0.2) is 0 Å². The van der Waals surface area contributed by atoms with E-state index >= 15 is 0 Å². The van der Waals surface area contributed by atoms with E-state index in [1.807, 2.05) is 36.2 Å². The van der Waals surface area contributed by atoms with Crippen molar-refractivity contribution in [3.05, 3.63) is 65.2 Å².